The first-order chi connectivity index (χ1) is 8.58. The van der Waals surface area contributed by atoms with Crippen LogP contribution in [0.4, 0.5) is 14.5 Å². The van der Waals surface area contributed by atoms with Crippen molar-refractivity contribution in [1.29, 1.82) is 0 Å². The largest absolute Gasteiger partial charge is 0.394 e. The van der Waals surface area contributed by atoms with Gasteiger partial charge in [0.25, 0.3) is 0 Å². The quantitative estimate of drug-likeness (QED) is 0.865. The normalized spacial score (nSPS) is 23.7. The minimum absolute atomic E-state index is 0.101. The molecule has 1 aliphatic rings. The molecule has 100 valence electrons. The standard InChI is InChI=1S/C13H17F2NO2/c1-8-2-3-16(12(8)7-18)13-10(14)4-9(6-17)5-11(13)15/h4-5,8,12,17-18H,2-3,6-7H2,1H3. The Morgan fingerprint density at radius 1 is 1.28 bits per heavy atom. The Hall–Kier alpha value is -1.20. The predicted molar refractivity (Wildman–Crippen MR) is 64.3 cm³/mol. The Balaban J connectivity index is 2.39. The number of anilines is 1. The van der Waals surface area contributed by atoms with E-state index in [1.54, 1.807) is 4.90 Å². The highest BCUT2D eigenvalue weighted by Crippen LogP contribution is 2.33. The lowest BCUT2D eigenvalue weighted by Gasteiger charge is -2.28. The van der Waals surface area contributed by atoms with E-state index in [0.717, 1.165) is 18.6 Å². The fourth-order valence-corrected chi connectivity index (χ4v) is 2.55. The first-order valence-electron chi connectivity index (χ1n) is 6.04. The van der Waals surface area contributed by atoms with Gasteiger partial charge in [-0.3, -0.25) is 0 Å². The summed E-state index contributed by atoms with van der Waals surface area (Å²) in [6.45, 7) is 1.97. The zero-order valence-electron chi connectivity index (χ0n) is 10.2. The van der Waals surface area contributed by atoms with E-state index in [1.165, 1.54) is 0 Å². The molecule has 18 heavy (non-hydrogen) atoms. The van der Waals surface area contributed by atoms with Crippen LogP contribution in [0.2, 0.25) is 0 Å². The number of benzene rings is 1. The maximum Gasteiger partial charge on any atom is 0.149 e. The molecule has 3 nitrogen and oxygen atoms in total. The predicted octanol–water partition coefficient (Wildman–Crippen LogP) is 1.66. The van der Waals surface area contributed by atoms with E-state index in [0.29, 0.717) is 6.54 Å². The van der Waals surface area contributed by atoms with Gasteiger partial charge in [-0.25, -0.2) is 8.78 Å². The molecule has 1 heterocycles. The summed E-state index contributed by atoms with van der Waals surface area (Å²) in [5.41, 5.74) is 0.108. The maximum absolute atomic E-state index is 13.9. The number of hydrogen-bond acceptors (Lipinski definition) is 3. The number of rotatable bonds is 3. The van der Waals surface area contributed by atoms with Gasteiger partial charge in [0.1, 0.15) is 17.3 Å². The van der Waals surface area contributed by atoms with Crippen LogP contribution >= 0.6 is 0 Å². The third-order valence-electron chi connectivity index (χ3n) is 3.62. The van der Waals surface area contributed by atoms with Crippen LogP contribution in [0.25, 0.3) is 0 Å². The second-order valence-electron chi connectivity index (χ2n) is 4.78. The molecule has 0 spiro atoms. The van der Waals surface area contributed by atoms with Crippen LogP contribution in [0.1, 0.15) is 18.9 Å². The van der Waals surface area contributed by atoms with Crippen molar-refractivity contribution in [3.8, 4) is 0 Å². The second kappa shape index (κ2) is 5.20. The SMILES string of the molecule is CC1CCN(c2c(F)cc(CO)cc2F)C1CO. The lowest BCUT2D eigenvalue weighted by Crippen LogP contribution is -2.36. The van der Waals surface area contributed by atoms with Gasteiger partial charge in [0.15, 0.2) is 0 Å². The van der Waals surface area contributed by atoms with Crippen LogP contribution < -0.4 is 4.90 Å². The fourth-order valence-electron chi connectivity index (χ4n) is 2.55. The molecule has 2 atom stereocenters. The summed E-state index contributed by atoms with van der Waals surface area (Å²) >= 11 is 0. The van der Waals surface area contributed by atoms with Crippen molar-refractivity contribution in [3.63, 3.8) is 0 Å². The molecule has 2 unspecified atom stereocenters. The average Bonchev–Trinajstić information content (AvgIpc) is 2.69. The maximum atomic E-state index is 13.9. The number of hydrogen-bond donors (Lipinski definition) is 2. The van der Waals surface area contributed by atoms with Crippen molar-refractivity contribution in [2.45, 2.75) is 26.0 Å². The lowest BCUT2D eigenvalue weighted by atomic mass is 10.0. The Morgan fingerprint density at radius 2 is 1.89 bits per heavy atom. The molecular weight excluding hydrogens is 240 g/mol. The van der Waals surface area contributed by atoms with E-state index < -0.39 is 18.2 Å². The smallest absolute Gasteiger partial charge is 0.149 e. The van der Waals surface area contributed by atoms with Gasteiger partial charge >= 0.3 is 0 Å². The molecule has 0 amide bonds. The summed E-state index contributed by atoms with van der Waals surface area (Å²) in [4.78, 5) is 1.58. The number of nitrogens with zero attached hydrogens (tertiary/aromatic N) is 1. The highest BCUT2D eigenvalue weighted by atomic mass is 19.1. The third-order valence-corrected chi connectivity index (χ3v) is 3.62. The van der Waals surface area contributed by atoms with Crippen LogP contribution in [0.3, 0.4) is 0 Å². The molecule has 5 heteroatoms. The van der Waals surface area contributed by atoms with Gasteiger partial charge in [-0.2, -0.15) is 0 Å². The van der Waals surface area contributed by atoms with Gasteiger partial charge in [-0.05, 0) is 30.0 Å². The van der Waals surface area contributed by atoms with E-state index in [9.17, 15) is 13.9 Å². The Labute approximate surface area is 105 Å². The molecule has 1 saturated heterocycles. The number of aliphatic hydroxyl groups is 2. The first kappa shape index (κ1) is 13.2. The van der Waals surface area contributed by atoms with Crippen LogP contribution in [-0.4, -0.2) is 29.4 Å². The van der Waals surface area contributed by atoms with Crippen molar-refractivity contribution in [1.82, 2.24) is 0 Å². The van der Waals surface area contributed by atoms with Gasteiger partial charge < -0.3 is 15.1 Å². The molecule has 0 bridgehead atoms. The van der Waals surface area contributed by atoms with Gasteiger partial charge in [0.2, 0.25) is 0 Å². The minimum Gasteiger partial charge on any atom is -0.394 e. The molecule has 1 aromatic rings. The molecule has 2 N–H and O–H groups in total. The summed E-state index contributed by atoms with van der Waals surface area (Å²) in [6, 6.07) is 2.01. The fraction of sp³-hybridized carbons (Fsp3) is 0.538. The average molecular weight is 257 g/mol. The summed E-state index contributed by atoms with van der Waals surface area (Å²) < 4.78 is 27.8. The number of aliphatic hydroxyl groups excluding tert-OH is 2. The monoisotopic (exact) mass is 257 g/mol. The number of halogens is 2. The molecule has 1 fully saturated rings. The summed E-state index contributed by atoms with van der Waals surface area (Å²) in [5.74, 6) is -1.18. The minimum atomic E-state index is -0.688. The Morgan fingerprint density at radius 3 is 2.39 bits per heavy atom. The molecule has 1 aliphatic heterocycles. The molecule has 0 aliphatic carbocycles. The molecule has 0 radical (unpaired) electrons. The van der Waals surface area contributed by atoms with Gasteiger partial charge in [-0.15, -0.1) is 0 Å². The van der Waals surface area contributed by atoms with E-state index in [2.05, 4.69) is 0 Å². The molecular formula is C13H17F2NO2. The molecule has 0 aromatic heterocycles. The van der Waals surface area contributed by atoms with Crippen LogP contribution in [0.15, 0.2) is 12.1 Å². The highest BCUT2D eigenvalue weighted by molar-refractivity contribution is 5.52. The zero-order valence-corrected chi connectivity index (χ0v) is 10.2. The Kier molecular flexibility index (Phi) is 3.82. The molecule has 1 aromatic carbocycles. The Bertz CT molecular complexity index is 416. The van der Waals surface area contributed by atoms with Crippen LogP contribution in [0.5, 0.6) is 0 Å². The van der Waals surface area contributed by atoms with Crippen molar-refractivity contribution in [2.75, 3.05) is 18.1 Å². The highest BCUT2D eigenvalue weighted by Gasteiger charge is 2.33. The van der Waals surface area contributed by atoms with E-state index >= 15 is 0 Å². The van der Waals surface area contributed by atoms with Gasteiger partial charge in [-0.1, -0.05) is 6.92 Å². The van der Waals surface area contributed by atoms with Crippen molar-refractivity contribution in [2.24, 2.45) is 5.92 Å². The van der Waals surface area contributed by atoms with E-state index in [4.69, 9.17) is 5.11 Å². The van der Waals surface area contributed by atoms with Crippen molar-refractivity contribution in [3.05, 3.63) is 29.3 Å². The molecule has 0 saturated carbocycles. The second-order valence-corrected chi connectivity index (χ2v) is 4.78. The zero-order chi connectivity index (χ0) is 13.3. The third kappa shape index (κ3) is 2.20. The van der Waals surface area contributed by atoms with Gasteiger partial charge in [0, 0.05) is 6.54 Å². The summed E-state index contributed by atoms with van der Waals surface area (Å²) in [5, 5.41) is 18.2. The molecule has 2 rings (SSSR count). The first-order valence-corrected chi connectivity index (χ1v) is 6.04. The summed E-state index contributed by atoms with van der Waals surface area (Å²) in [6.07, 6.45) is 0.797. The van der Waals surface area contributed by atoms with E-state index in [-0.39, 0.29) is 29.8 Å². The summed E-state index contributed by atoms with van der Waals surface area (Å²) in [7, 11) is 0. The van der Waals surface area contributed by atoms with Crippen LogP contribution in [0, 0.1) is 17.6 Å². The lowest BCUT2D eigenvalue weighted by molar-refractivity contribution is 0.243. The van der Waals surface area contributed by atoms with Crippen LogP contribution in [-0.2, 0) is 6.61 Å². The van der Waals surface area contributed by atoms with Crippen molar-refractivity contribution < 1.29 is 19.0 Å². The van der Waals surface area contributed by atoms with E-state index in [1.807, 2.05) is 6.92 Å². The van der Waals surface area contributed by atoms with Crippen molar-refractivity contribution >= 4 is 5.69 Å². The van der Waals surface area contributed by atoms with Gasteiger partial charge in [0.05, 0.1) is 19.3 Å². The topological polar surface area (TPSA) is 43.7 Å².